The van der Waals surface area contributed by atoms with E-state index in [-0.39, 0.29) is 18.3 Å². The van der Waals surface area contributed by atoms with Crippen molar-refractivity contribution in [2.75, 3.05) is 5.32 Å². The Morgan fingerprint density at radius 2 is 2.32 bits per heavy atom. The van der Waals surface area contributed by atoms with E-state index in [0.29, 0.717) is 5.13 Å². The van der Waals surface area contributed by atoms with Gasteiger partial charge in [0.05, 0.1) is 0 Å². The molecule has 0 saturated carbocycles. The lowest BCUT2D eigenvalue weighted by atomic mass is 10.2. The Bertz CT molecular complexity index is 721. The van der Waals surface area contributed by atoms with Gasteiger partial charge in [-0.3, -0.25) is 4.79 Å². The Morgan fingerprint density at radius 3 is 3.11 bits per heavy atom. The van der Waals surface area contributed by atoms with Crippen molar-refractivity contribution < 1.29 is 9.18 Å². The minimum absolute atomic E-state index is 0.156. The maximum Gasteiger partial charge on any atom is 0.246 e. The van der Waals surface area contributed by atoms with Gasteiger partial charge in [0.2, 0.25) is 5.91 Å². The zero-order valence-electron chi connectivity index (χ0n) is 9.84. The number of thiazole rings is 1. The van der Waals surface area contributed by atoms with Crippen LogP contribution < -0.4 is 5.32 Å². The molecule has 2 heterocycles. The highest BCUT2D eigenvalue weighted by molar-refractivity contribution is 7.13. The van der Waals surface area contributed by atoms with Gasteiger partial charge in [-0.05, 0) is 24.3 Å². The van der Waals surface area contributed by atoms with Crippen LogP contribution in [0.25, 0.3) is 10.9 Å². The number of carbonyl (C=O) groups excluding carboxylic acids is 1. The molecule has 0 fully saturated rings. The topological polar surface area (TPSA) is 46.9 Å². The second kappa shape index (κ2) is 4.81. The number of nitrogens with one attached hydrogen (secondary N) is 1. The summed E-state index contributed by atoms with van der Waals surface area (Å²) in [7, 11) is 0. The number of hydrogen-bond acceptors (Lipinski definition) is 3. The molecule has 3 aromatic rings. The minimum Gasteiger partial charge on any atom is -0.338 e. The van der Waals surface area contributed by atoms with Crippen LogP contribution in [0.5, 0.6) is 0 Å². The van der Waals surface area contributed by atoms with E-state index in [9.17, 15) is 9.18 Å². The Labute approximate surface area is 112 Å². The van der Waals surface area contributed by atoms with Gasteiger partial charge < -0.3 is 9.88 Å². The molecule has 3 rings (SSSR count). The molecule has 6 heteroatoms. The maximum atomic E-state index is 13.1. The number of fused-ring (bicyclic) bond motifs is 1. The average molecular weight is 275 g/mol. The van der Waals surface area contributed by atoms with Crippen LogP contribution >= 0.6 is 11.3 Å². The third-order valence-electron chi connectivity index (χ3n) is 2.73. The van der Waals surface area contributed by atoms with Gasteiger partial charge in [0, 0.05) is 28.7 Å². The Balaban J connectivity index is 1.79. The number of nitrogens with zero attached hydrogens (tertiary/aromatic N) is 2. The molecule has 0 aliphatic carbocycles. The van der Waals surface area contributed by atoms with Crippen molar-refractivity contribution in [2.24, 2.45) is 0 Å². The van der Waals surface area contributed by atoms with Gasteiger partial charge >= 0.3 is 0 Å². The van der Waals surface area contributed by atoms with E-state index < -0.39 is 0 Å². The molecule has 2 aromatic heterocycles. The fourth-order valence-electron chi connectivity index (χ4n) is 1.91. The van der Waals surface area contributed by atoms with E-state index in [4.69, 9.17) is 0 Å². The van der Waals surface area contributed by atoms with Crippen LogP contribution in [-0.4, -0.2) is 15.5 Å². The predicted octanol–water partition coefficient (Wildman–Crippen LogP) is 2.88. The average Bonchev–Trinajstić information content (AvgIpc) is 2.99. The molecule has 0 spiro atoms. The summed E-state index contributed by atoms with van der Waals surface area (Å²) in [5.74, 6) is -0.436. The molecule has 0 radical (unpaired) electrons. The molecule has 1 aromatic carbocycles. The monoisotopic (exact) mass is 275 g/mol. The van der Waals surface area contributed by atoms with Crippen LogP contribution in [0.1, 0.15) is 0 Å². The number of aromatic nitrogens is 2. The first-order valence-electron chi connectivity index (χ1n) is 5.66. The van der Waals surface area contributed by atoms with Gasteiger partial charge in [-0.2, -0.15) is 0 Å². The lowest BCUT2D eigenvalue weighted by molar-refractivity contribution is -0.116. The highest BCUT2D eigenvalue weighted by atomic mass is 32.1. The van der Waals surface area contributed by atoms with E-state index >= 15 is 0 Å². The SMILES string of the molecule is O=C(Cn1ccc2cc(F)ccc21)Nc1nccs1. The van der Waals surface area contributed by atoms with E-state index in [0.717, 1.165) is 10.9 Å². The maximum absolute atomic E-state index is 13.1. The highest BCUT2D eigenvalue weighted by Gasteiger charge is 2.08. The quantitative estimate of drug-likeness (QED) is 0.799. The number of halogens is 1. The highest BCUT2D eigenvalue weighted by Crippen LogP contribution is 2.17. The Morgan fingerprint density at radius 1 is 1.42 bits per heavy atom. The first kappa shape index (κ1) is 11.9. The van der Waals surface area contributed by atoms with Crippen molar-refractivity contribution in [2.45, 2.75) is 6.54 Å². The molecule has 0 saturated heterocycles. The zero-order chi connectivity index (χ0) is 13.2. The summed E-state index contributed by atoms with van der Waals surface area (Å²) in [4.78, 5) is 15.8. The number of benzene rings is 1. The molecule has 0 unspecified atom stereocenters. The number of amides is 1. The third kappa shape index (κ3) is 2.48. The first-order valence-corrected chi connectivity index (χ1v) is 6.54. The van der Waals surface area contributed by atoms with Crippen LogP contribution in [0.15, 0.2) is 42.0 Å². The van der Waals surface area contributed by atoms with Crippen LogP contribution in [0, 0.1) is 5.82 Å². The lowest BCUT2D eigenvalue weighted by Gasteiger charge is -2.05. The summed E-state index contributed by atoms with van der Waals surface area (Å²) in [6.07, 6.45) is 3.40. The number of hydrogen-bond donors (Lipinski definition) is 1. The first-order chi connectivity index (χ1) is 9.22. The van der Waals surface area contributed by atoms with Gasteiger partial charge in [0.25, 0.3) is 0 Å². The van der Waals surface area contributed by atoms with Crippen molar-refractivity contribution >= 4 is 33.3 Å². The summed E-state index contributed by atoms with van der Waals surface area (Å²) in [6, 6.07) is 6.29. The van der Waals surface area contributed by atoms with Gasteiger partial charge in [0.1, 0.15) is 12.4 Å². The molecule has 96 valence electrons. The van der Waals surface area contributed by atoms with Crippen LogP contribution in [0.2, 0.25) is 0 Å². The Kier molecular flexibility index (Phi) is 3.00. The van der Waals surface area contributed by atoms with Crippen molar-refractivity contribution in [1.29, 1.82) is 0 Å². The number of anilines is 1. The summed E-state index contributed by atoms with van der Waals surface area (Å²) in [5.41, 5.74) is 0.829. The molecular formula is C13H10FN3OS. The molecular weight excluding hydrogens is 265 g/mol. The molecule has 0 bridgehead atoms. The summed E-state index contributed by atoms with van der Waals surface area (Å²) >= 11 is 1.37. The number of rotatable bonds is 3. The minimum atomic E-state index is -0.280. The van der Waals surface area contributed by atoms with Gasteiger partial charge in [-0.1, -0.05) is 0 Å². The van der Waals surface area contributed by atoms with E-state index in [1.165, 1.54) is 23.5 Å². The van der Waals surface area contributed by atoms with Crippen molar-refractivity contribution in [3.63, 3.8) is 0 Å². The standard InChI is InChI=1S/C13H10FN3OS/c14-10-1-2-11-9(7-10)3-5-17(11)8-12(18)16-13-15-4-6-19-13/h1-7H,8H2,(H,15,16,18). The second-order valence-electron chi connectivity index (χ2n) is 4.03. The number of carbonyl (C=O) groups is 1. The van der Waals surface area contributed by atoms with E-state index in [2.05, 4.69) is 10.3 Å². The smallest absolute Gasteiger partial charge is 0.246 e. The van der Waals surface area contributed by atoms with Crippen molar-refractivity contribution in [3.8, 4) is 0 Å². The fraction of sp³-hybridized carbons (Fsp3) is 0.0769. The van der Waals surface area contributed by atoms with Crippen molar-refractivity contribution in [3.05, 3.63) is 47.9 Å². The summed E-state index contributed by atoms with van der Waals surface area (Å²) < 4.78 is 14.8. The van der Waals surface area contributed by atoms with Crippen LogP contribution in [0.3, 0.4) is 0 Å². The molecule has 0 aliphatic rings. The summed E-state index contributed by atoms with van der Waals surface area (Å²) in [6.45, 7) is 0.175. The van der Waals surface area contributed by atoms with Crippen molar-refractivity contribution in [1.82, 2.24) is 9.55 Å². The van der Waals surface area contributed by atoms with E-state index in [1.807, 2.05) is 0 Å². The van der Waals surface area contributed by atoms with E-state index in [1.54, 1.807) is 34.5 Å². The third-order valence-corrected chi connectivity index (χ3v) is 3.41. The molecule has 0 aliphatic heterocycles. The van der Waals surface area contributed by atoms with Gasteiger partial charge in [-0.15, -0.1) is 11.3 Å². The molecule has 1 N–H and O–H groups in total. The fourth-order valence-corrected chi connectivity index (χ4v) is 2.45. The summed E-state index contributed by atoms with van der Waals surface area (Å²) in [5, 5.41) is 5.86. The van der Waals surface area contributed by atoms with Gasteiger partial charge in [0.15, 0.2) is 5.13 Å². The van der Waals surface area contributed by atoms with Crippen LogP contribution in [-0.2, 0) is 11.3 Å². The second-order valence-corrected chi connectivity index (χ2v) is 4.93. The molecule has 1 amide bonds. The predicted molar refractivity (Wildman–Crippen MR) is 72.6 cm³/mol. The largest absolute Gasteiger partial charge is 0.338 e. The normalized spacial score (nSPS) is 10.8. The Hall–Kier alpha value is -2.21. The molecule has 4 nitrogen and oxygen atoms in total. The molecule has 19 heavy (non-hydrogen) atoms. The van der Waals surface area contributed by atoms with Crippen LogP contribution in [0.4, 0.5) is 9.52 Å². The zero-order valence-corrected chi connectivity index (χ0v) is 10.7. The lowest BCUT2D eigenvalue weighted by Crippen LogP contribution is -2.17. The van der Waals surface area contributed by atoms with Gasteiger partial charge in [-0.25, -0.2) is 9.37 Å². The molecule has 0 atom stereocenters.